The monoisotopic (exact) mass is 391 g/mol. The molecule has 0 aliphatic heterocycles. The third kappa shape index (κ3) is 3.33. The van der Waals surface area contributed by atoms with Crippen LogP contribution >= 0.6 is 0 Å². The van der Waals surface area contributed by atoms with Crippen LogP contribution < -0.4 is 10.1 Å². The highest BCUT2D eigenvalue weighted by Gasteiger charge is 2.32. The van der Waals surface area contributed by atoms with Gasteiger partial charge in [0, 0.05) is 11.8 Å². The lowest BCUT2D eigenvalue weighted by atomic mass is 9.93. The van der Waals surface area contributed by atoms with Gasteiger partial charge in [0.25, 0.3) is 0 Å². The summed E-state index contributed by atoms with van der Waals surface area (Å²) in [4.78, 5) is 19.7. The quantitative estimate of drug-likeness (QED) is 0.625. The van der Waals surface area contributed by atoms with Crippen LogP contribution in [0.25, 0.3) is 11.4 Å². The molecule has 1 aromatic carbocycles. The fraction of sp³-hybridized carbons (Fsp3) is 0.176. The third-order valence-electron chi connectivity index (χ3n) is 4.17. The number of aromatic carboxylic acids is 1. The number of ether oxygens (including phenoxy) is 1. The van der Waals surface area contributed by atoms with Gasteiger partial charge in [0.15, 0.2) is 5.75 Å². The van der Waals surface area contributed by atoms with Crippen molar-refractivity contribution in [3.63, 3.8) is 0 Å². The molecule has 0 amide bonds. The lowest BCUT2D eigenvalue weighted by Gasteiger charge is -2.17. The summed E-state index contributed by atoms with van der Waals surface area (Å²) in [5.74, 6) is -1.52. The second-order valence-corrected chi connectivity index (χ2v) is 5.97. The van der Waals surface area contributed by atoms with E-state index in [0.717, 1.165) is 5.56 Å². The van der Waals surface area contributed by atoms with E-state index in [4.69, 9.17) is 0 Å². The van der Waals surface area contributed by atoms with Crippen LogP contribution in [0.5, 0.6) is 5.75 Å². The first-order chi connectivity index (χ1) is 13.3. The molecule has 0 unspecified atom stereocenters. The lowest BCUT2D eigenvalue weighted by molar-refractivity contribution is -0.274. The van der Waals surface area contributed by atoms with Crippen LogP contribution in [0.15, 0.2) is 30.5 Å². The second-order valence-electron chi connectivity index (χ2n) is 5.97. The average Bonchev–Trinajstić information content (AvgIpc) is 3.07. The van der Waals surface area contributed by atoms with E-state index in [9.17, 15) is 23.1 Å². The lowest BCUT2D eigenvalue weighted by Crippen LogP contribution is -2.18. The second kappa shape index (κ2) is 6.51. The Morgan fingerprint density at radius 2 is 2.00 bits per heavy atom. The van der Waals surface area contributed by atoms with E-state index in [1.165, 1.54) is 30.5 Å². The number of hydrogen-bond acceptors (Lipinski definition) is 6. The normalized spacial score (nSPS) is 12.8. The minimum absolute atomic E-state index is 0.00213. The van der Waals surface area contributed by atoms with Crippen molar-refractivity contribution in [3.8, 4) is 17.1 Å². The minimum Gasteiger partial charge on any atom is -0.477 e. The molecule has 1 aliphatic carbocycles. The van der Waals surface area contributed by atoms with E-state index >= 15 is 0 Å². The van der Waals surface area contributed by atoms with Crippen molar-refractivity contribution in [2.45, 2.75) is 19.2 Å². The largest absolute Gasteiger partial charge is 0.573 e. The Morgan fingerprint density at radius 3 is 2.75 bits per heavy atom. The predicted octanol–water partition coefficient (Wildman–Crippen LogP) is 3.31. The van der Waals surface area contributed by atoms with E-state index in [1.807, 2.05) is 0 Å². The van der Waals surface area contributed by atoms with Crippen LogP contribution in [0.1, 0.15) is 21.6 Å². The van der Waals surface area contributed by atoms with Gasteiger partial charge in [0.1, 0.15) is 11.4 Å². The number of fused-ring (bicyclic) bond motifs is 3. The number of H-pyrrole nitrogens is 1. The first-order valence-electron chi connectivity index (χ1n) is 8.10. The van der Waals surface area contributed by atoms with Crippen LogP contribution in [0, 0.1) is 0 Å². The molecule has 2 heterocycles. The van der Waals surface area contributed by atoms with Crippen LogP contribution in [0.4, 0.5) is 24.8 Å². The number of aryl methyl sites for hydroxylation is 1. The Hall–Kier alpha value is -3.63. The molecule has 11 heteroatoms. The molecule has 3 aromatic rings. The molecule has 0 saturated heterocycles. The van der Waals surface area contributed by atoms with Gasteiger partial charge >= 0.3 is 12.3 Å². The van der Waals surface area contributed by atoms with Gasteiger partial charge in [-0.1, -0.05) is 12.1 Å². The minimum atomic E-state index is -4.84. The van der Waals surface area contributed by atoms with Gasteiger partial charge < -0.3 is 15.2 Å². The number of alkyl halides is 3. The van der Waals surface area contributed by atoms with Crippen molar-refractivity contribution >= 4 is 17.6 Å². The maximum atomic E-state index is 12.6. The molecule has 144 valence electrons. The summed E-state index contributed by atoms with van der Waals surface area (Å²) in [5.41, 5.74) is 2.15. The number of carboxylic acids is 1. The SMILES string of the molecule is O=C(O)c1[nH]nc2c1CCc1cnc(Nc3ccccc3OC(F)(F)F)nc1-2. The number of nitrogens with one attached hydrogen (secondary N) is 2. The highest BCUT2D eigenvalue weighted by Crippen LogP contribution is 2.34. The Labute approximate surface area is 155 Å². The van der Waals surface area contributed by atoms with Crippen LogP contribution in [0.3, 0.4) is 0 Å². The number of carboxylic acid groups (broad SMARTS) is 1. The highest BCUT2D eigenvalue weighted by atomic mass is 19.4. The van der Waals surface area contributed by atoms with Crippen LogP contribution in [-0.2, 0) is 12.8 Å². The van der Waals surface area contributed by atoms with Crippen molar-refractivity contribution in [2.75, 3.05) is 5.32 Å². The molecule has 0 bridgehead atoms. The number of halogens is 3. The zero-order valence-corrected chi connectivity index (χ0v) is 14.0. The van der Waals surface area contributed by atoms with Gasteiger partial charge in [0.05, 0.1) is 11.4 Å². The summed E-state index contributed by atoms with van der Waals surface area (Å²) in [6.07, 6.45) is -2.31. The number of nitrogens with zero attached hydrogens (tertiary/aromatic N) is 3. The van der Waals surface area contributed by atoms with E-state index < -0.39 is 18.1 Å². The summed E-state index contributed by atoms with van der Waals surface area (Å²) in [5, 5.41) is 18.5. The van der Waals surface area contributed by atoms with Crippen LogP contribution in [0.2, 0.25) is 0 Å². The Morgan fingerprint density at radius 1 is 1.21 bits per heavy atom. The fourth-order valence-electron chi connectivity index (χ4n) is 3.00. The molecule has 1 aliphatic rings. The highest BCUT2D eigenvalue weighted by molar-refractivity contribution is 5.90. The van der Waals surface area contributed by atoms with Crippen molar-refractivity contribution in [2.24, 2.45) is 0 Å². The van der Waals surface area contributed by atoms with Gasteiger partial charge in [-0.3, -0.25) is 5.10 Å². The van der Waals surface area contributed by atoms with Gasteiger partial charge in [-0.2, -0.15) is 5.10 Å². The molecule has 0 atom stereocenters. The molecule has 0 radical (unpaired) electrons. The number of para-hydroxylation sites is 2. The topological polar surface area (TPSA) is 113 Å². The molecule has 0 spiro atoms. The standard InChI is InChI=1S/C17H12F3N5O3/c18-17(19,20)28-11-4-2-1-3-10(11)22-16-21-7-8-5-6-9-13(12(8)23-16)24-25-14(9)15(26)27/h1-4,7H,5-6H2,(H,24,25)(H,26,27)(H,21,22,23). The maximum absolute atomic E-state index is 12.6. The zero-order valence-electron chi connectivity index (χ0n) is 14.0. The smallest absolute Gasteiger partial charge is 0.477 e. The summed E-state index contributed by atoms with van der Waals surface area (Å²) in [6.45, 7) is 0. The van der Waals surface area contributed by atoms with E-state index in [-0.39, 0.29) is 17.3 Å². The summed E-state index contributed by atoms with van der Waals surface area (Å²) in [7, 11) is 0. The molecule has 3 N–H and O–H groups in total. The molecule has 0 saturated carbocycles. The third-order valence-corrected chi connectivity index (χ3v) is 4.17. The molecule has 0 fully saturated rings. The number of anilines is 2. The fourth-order valence-corrected chi connectivity index (χ4v) is 3.00. The molecular formula is C17H12F3N5O3. The first kappa shape index (κ1) is 17.8. The van der Waals surface area contributed by atoms with Gasteiger partial charge in [0.2, 0.25) is 5.95 Å². The Kier molecular flexibility index (Phi) is 4.13. The van der Waals surface area contributed by atoms with Crippen LogP contribution in [-0.4, -0.2) is 37.6 Å². The van der Waals surface area contributed by atoms with Crippen molar-refractivity contribution < 1.29 is 27.8 Å². The Balaban J connectivity index is 1.69. The number of rotatable bonds is 4. The molecule has 2 aromatic heterocycles. The molecule has 28 heavy (non-hydrogen) atoms. The predicted molar refractivity (Wildman–Crippen MR) is 90.4 cm³/mol. The molecule has 4 rings (SSSR count). The number of aromatic nitrogens is 4. The van der Waals surface area contributed by atoms with E-state index in [0.29, 0.717) is 29.8 Å². The number of benzene rings is 1. The number of carbonyl (C=O) groups is 1. The van der Waals surface area contributed by atoms with Gasteiger partial charge in [-0.25, -0.2) is 14.8 Å². The maximum Gasteiger partial charge on any atom is 0.573 e. The summed E-state index contributed by atoms with van der Waals surface area (Å²) in [6, 6.07) is 5.50. The first-order valence-corrected chi connectivity index (χ1v) is 8.10. The summed E-state index contributed by atoms with van der Waals surface area (Å²) >= 11 is 0. The van der Waals surface area contributed by atoms with E-state index in [2.05, 4.69) is 30.2 Å². The number of aromatic amines is 1. The van der Waals surface area contributed by atoms with Crippen molar-refractivity contribution in [1.82, 2.24) is 20.2 Å². The summed E-state index contributed by atoms with van der Waals surface area (Å²) < 4.78 is 41.7. The van der Waals surface area contributed by atoms with Crippen molar-refractivity contribution in [1.29, 1.82) is 0 Å². The van der Waals surface area contributed by atoms with E-state index in [1.54, 1.807) is 0 Å². The van der Waals surface area contributed by atoms with Crippen molar-refractivity contribution in [3.05, 3.63) is 47.3 Å². The van der Waals surface area contributed by atoms with Gasteiger partial charge in [-0.05, 0) is 30.5 Å². The Bertz CT molecular complexity index is 1060. The van der Waals surface area contributed by atoms with Gasteiger partial charge in [-0.15, -0.1) is 13.2 Å². The zero-order chi connectivity index (χ0) is 19.9. The molecular weight excluding hydrogens is 379 g/mol. The molecule has 8 nitrogen and oxygen atoms in total. The number of hydrogen-bond donors (Lipinski definition) is 3. The average molecular weight is 391 g/mol.